The van der Waals surface area contributed by atoms with E-state index in [-0.39, 0.29) is 17.3 Å². The number of pyridine rings is 1. The number of sulfonamides is 1. The van der Waals surface area contributed by atoms with Crippen LogP contribution in [0.3, 0.4) is 0 Å². The number of hydrogen-bond acceptors (Lipinski definition) is 5. The first kappa shape index (κ1) is 15.9. The highest BCUT2D eigenvalue weighted by Crippen LogP contribution is 2.20. The van der Waals surface area contributed by atoms with E-state index in [1.54, 1.807) is 13.0 Å². The second kappa shape index (κ2) is 6.54. The summed E-state index contributed by atoms with van der Waals surface area (Å²) in [5.41, 5.74) is 0.709. The van der Waals surface area contributed by atoms with E-state index >= 15 is 0 Å². The molecule has 0 saturated heterocycles. The van der Waals surface area contributed by atoms with Gasteiger partial charge in [-0.25, -0.2) is 13.4 Å². The van der Waals surface area contributed by atoms with E-state index in [9.17, 15) is 8.42 Å². The fourth-order valence-corrected chi connectivity index (χ4v) is 3.15. The topological polar surface area (TPSA) is 97.1 Å². The Bertz CT molecular complexity index is 730. The van der Waals surface area contributed by atoms with Gasteiger partial charge in [0.1, 0.15) is 10.7 Å². The zero-order valence-electron chi connectivity index (χ0n) is 11.3. The van der Waals surface area contributed by atoms with Gasteiger partial charge in [0.2, 0.25) is 0 Å². The number of hydrogen-bond donors (Lipinski definition) is 2. The molecule has 0 atom stereocenters. The molecule has 0 aliphatic heterocycles. The van der Waals surface area contributed by atoms with Crippen LogP contribution in [0.2, 0.25) is 0 Å². The lowest BCUT2D eigenvalue weighted by Crippen LogP contribution is -2.14. The molecular formula is C12H15BrN4O3S. The molecule has 21 heavy (non-hydrogen) atoms. The summed E-state index contributed by atoms with van der Waals surface area (Å²) in [7, 11) is -3.73. The first-order valence-corrected chi connectivity index (χ1v) is 8.48. The molecule has 114 valence electrons. The van der Waals surface area contributed by atoms with Crippen molar-refractivity contribution in [1.82, 2.24) is 14.8 Å². The third-order valence-electron chi connectivity index (χ3n) is 2.74. The Morgan fingerprint density at radius 3 is 2.86 bits per heavy atom. The number of nitrogens with one attached hydrogen (secondary N) is 1. The van der Waals surface area contributed by atoms with Crippen LogP contribution in [-0.4, -0.2) is 34.9 Å². The fourth-order valence-electron chi connectivity index (χ4n) is 1.67. The minimum absolute atomic E-state index is 0.0300. The van der Waals surface area contributed by atoms with E-state index in [0.717, 1.165) is 4.47 Å². The van der Waals surface area contributed by atoms with E-state index in [4.69, 9.17) is 5.11 Å². The molecule has 0 amide bonds. The zero-order chi connectivity index (χ0) is 15.5. The van der Waals surface area contributed by atoms with Gasteiger partial charge in [-0.15, -0.1) is 0 Å². The summed E-state index contributed by atoms with van der Waals surface area (Å²) in [6, 6.07) is 1.77. The lowest BCUT2D eigenvalue weighted by molar-refractivity contribution is 0.277. The summed E-state index contributed by atoms with van der Waals surface area (Å²) in [6.07, 6.45) is 4.73. The Hall–Kier alpha value is -1.45. The smallest absolute Gasteiger partial charge is 0.266 e. The molecule has 2 aromatic heterocycles. The minimum atomic E-state index is -3.73. The molecule has 0 fully saturated rings. The molecule has 2 heterocycles. The van der Waals surface area contributed by atoms with Crippen LogP contribution in [0, 0.1) is 6.92 Å². The standard InChI is InChI=1S/C12H15BrN4O3S/c1-9-5-10(13)6-14-12(9)16-21(19,20)11-7-15-17(8-11)3-2-4-18/h5-8,18H,2-4H2,1H3,(H,14,16). The van der Waals surface area contributed by atoms with Crippen LogP contribution in [0.25, 0.3) is 0 Å². The average Bonchev–Trinajstić information content (AvgIpc) is 2.89. The van der Waals surface area contributed by atoms with Crippen molar-refractivity contribution < 1.29 is 13.5 Å². The fraction of sp³-hybridized carbons (Fsp3) is 0.333. The van der Waals surface area contributed by atoms with Gasteiger partial charge < -0.3 is 5.11 Å². The quantitative estimate of drug-likeness (QED) is 0.798. The van der Waals surface area contributed by atoms with E-state index in [1.165, 1.54) is 23.3 Å². The van der Waals surface area contributed by atoms with Crippen molar-refractivity contribution in [3.8, 4) is 0 Å². The maximum atomic E-state index is 12.3. The van der Waals surface area contributed by atoms with Crippen LogP contribution >= 0.6 is 15.9 Å². The van der Waals surface area contributed by atoms with E-state index in [0.29, 0.717) is 18.5 Å². The molecule has 2 aromatic rings. The largest absolute Gasteiger partial charge is 0.396 e. The first-order chi connectivity index (χ1) is 9.92. The van der Waals surface area contributed by atoms with Gasteiger partial charge >= 0.3 is 0 Å². The van der Waals surface area contributed by atoms with Crippen LogP contribution in [-0.2, 0) is 16.6 Å². The summed E-state index contributed by atoms with van der Waals surface area (Å²) in [5, 5.41) is 12.7. The second-order valence-corrected chi connectivity index (χ2v) is 7.04. The molecule has 7 nitrogen and oxygen atoms in total. The van der Waals surface area contributed by atoms with Crippen LogP contribution in [0.5, 0.6) is 0 Å². The molecule has 0 bridgehead atoms. The lowest BCUT2D eigenvalue weighted by Gasteiger charge is -2.08. The van der Waals surface area contributed by atoms with Crippen molar-refractivity contribution in [1.29, 1.82) is 0 Å². The highest BCUT2D eigenvalue weighted by Gasteiger charge is 2.18. The highest BCUT2D eigenvalue weighted by atomic mass is 79.9. The van der Waals surface area contributed by atoms with Gasteiger partial charge in [0.05, 0.1) is 6.20 Å². The number of halogens is 1. The first-order valence-electron chi connectivity index (χ1n) is 6.20. The van der Waals surface area contributed by atoms with Gasteiger partial charge in [0, 0.05) is 30.0 Å². The predicted octanol–water partition coefficient (Wildman–Crippen LogP) is 1.53. The van der Waals surface area contributed by atoms with E-state index < -0.39 is 10.0 Å². The van der Waals surface area contributed by atoms with Crippen LogP contribution in [0.4, 0.5) is 5.82 Å². The Morgan fingerprint density at radius 1 is 1.43 bits per heavy atom. The molecular weight excluding hydrogens is 360 g/mol. The Morgan fingerprint density at radius 2 is 2.19 bits per heavy atom. The summed E-state index contributed by atoms with van der Waals surface area (Å²) >= 11 is 3.27. The highest BCUT2D eigenvalue weighted by molar-refractivity contribution is 9.10. The van der Waals surface area contributed by atoms with Crippen molar-refractivity contribution >= 4 is 31.8 Å². The van der Waals surface area contributed by atoms with Crippen molar-refractivity contribution in [3.05, 3.63) is 34.7 Å². The minimum Gasteiger partial charge on any atom is -0.396 e. The van der Waals surface area contributed by atoms with Gasteiger partial charge in [-0.3, -0.25) is 9.40 Å². The van der Waals surface area contributed by atoms with Gasteiger partial charge in [-0.1, -0.05) is 0 Å². The van der Waals surface area contributed by atoms with Crippen LogP contribution in [0.1, 0.15) is 12.0 Å². The number of aromatic nitrogens is 3. The van der Waals surface area contributed by atoms with Gasteiger partial charge in [0.15, 0.2) is 0 Å². The van der Waals surface area contributed by atoms with Crippen LogP contribution in [0.15, 0.2) is 34.0 Å². The molecule has 2 N–H and O–H groups in total. The van der Waals surface area contributed by atoms with Crippen molar-refractivity contribution in [2.45, 2.75) is 24.8 Å². The van der Waals surface area contributed by atoms with Crippen molar-refractivity contribution in [2.75, 3.05) is 11.3 Å². The monoisotopic (exact) mass is 374 g/mol. The van der Waals surface area contributed by atoms with Crippen LogP contribution < -0.4 is 4.72 Å². The SMILES string of the molecule is Cc1cc(Br)cnc1NS(=O)(=O)c1cnn(CCCO)c1. The lowest BCUT2D eigenvalue weighted by atomic mass is 10.3. The van der Waals surface area contributed by atoms with E-state index in [1.807, 2.05) is 0 Å². The molecule has 0 aromatic carbocycles. The second-order valence-electron chi connectivity index (χ2n) is 4.44. The number of aliphatic hydroxyl groups excluding tert-OH is 1. The number of aryl methyl sites for hydroxylation is 2. The maximum Gasteiger partial charge on any atom is 0.266 e. The molecule has 9 heteroatoms. The van der Waals surface area contributed by atoms with Crippen molar-refractivity contribution in [2.24, 2.45) is 0 Å². The molecule has 2 rings (SSSR count). The number of anilines is 1. The zero-order valence-corrected chi connectivity index (χ0v) is 13.7. The molecule has 0 aliphatic rings. The number of rotatable bonds is 6. The molecule has 0 aliphatic carbocycles. The van der Waals surface area contributed by atoms with Gasteiger partial charge in [-0.2, -0.15) is 5.10 Å². The summed E-state index contributed by atoms with van der Waals surface area (Å²) in [6.45, 7) is 2.25. The Labute approximate surface area is 131 Å². The third kappa shape index (κ3) is 4.02. The summed E-state index contributed by atoms with van der Waals surface area (Å²) in [5.74, 6) is 0.279. The van der Waals surface area contributed by atoms with Gasteiger partial charge in [-0.05, 0) is 40.9 Å². The summed E-state index contributed by atoms with van der Waals surface area (Å²) < 4.78 is 29.2. The number of nitrogens with zero attached hydrogens (tertiary/aromatic N) is 3. The Balaban J connectivity index is 2.19. The predicted molar refractivity (Wildman–Crippen MR) is 81.4 cm³/mol. The average molecular weight is 375 g/mol. The van der Waals surface area contributed by atoms with Gasteiger partial charge in [0.25, 0.3) is 10.0 Å². The number of aliphatic hydroxyl groups is 1. The molecule has 0 radical (unpaired) electrons. The molecule has 0 spiro atoms. The third-order valence-corrected chi connectivity index (χ3v) is 4.47. The maximum absolute atomic E-state index is 12.3. The molecule has 0 unspecified atom stereocenters. The Kier molecular flexibility index (Phi) is 4.96. The normalized spacial score (nSPS) is 11.6. The summed E-state index contributed by atoms with van der Waals surface area (Å²) in [4.78, 5) is 4.11. The van der Waals surface area contributed by atoms with E-state index in [2.05, 4.69) is 30.7 Å². The van der Waals surface area contributed by atoms with Crippen molar-refractivity contribution in [3.63, 3.8) is 0 Å². The molecule has 0 saturated carbocycles.